The number of aromatic nitrogens is 2. The van der Waals surface area contributed by atoms with Crippen LogP contribution in [-0.4, -0.2) is 17.1 Å². The number of hydrogen-bond donors (Lipinski definition) is 1. The molecule has 0 saturated carbocycles. The second-order valence-electron chi connectivity index (χ2n) is 3.57. The summed E-state index contributed by atoms with van der Waals surface area (Å²) in [6.07, 6.45) is 3.31. The van der Waals surface area contributed by atoms with Crippen molar-refractivity contribution >= 4 is 5.69 Å². The highest BCUT2D eigenvalue weighted by Crippen LogP contribution is 2.15. The van der Waals surface area contributed by atoms with E-state index in [1.54, 1.807) is 25.6 Å². The summed E-state index contributed by atoms with van der Waals surface area (Å²) in [6, 6.07) is 9.26. The van der Waals surface area contributed by atoms with Gasteiger partial charge in [0, 0.05) is 18.3 Å². The van der Waals surface area contributed by atoms with E-state index in [4.69, 9.17) is 10.00 Å². The molecule has 0 radical (unpaired) electrons. The summed E-state index contributed by atoms with van der Waals surface area (Å²) in [5, 5.41) is 11.8. The third kappa shape index (κ3) is 2.74. The zero-order valence-corrected chi connectivity index (χ0v) is 9.92. The van der Waals surface area contributed by atoms with Crippen molar-refractivity contribution in [1.82, 2.24) is 9.97 Å². The lowest BCUT2D eigenvalue weighted by Gasteiger charge is -2.08. The van der Waals surface area contributed by atoms with E-state index in [9.17, 15) is 0 Å². The highest BCUT2D eigenvalue weighted by atomic mass is 16.5. The molecular formula is C13H12N4O. The lowest BCUT2D eigenvalue weighted by molar-refractivity contribution is 0.393. The smallest absolute Gasteiger partial charge is 0.218 e. The van der Waals surface area contributed by atoms with Crippen molar-refractivity contribution < 1.29 is 4.74 Å². The minimum atomic E-state index is 0.402. The van der Waals surface area contributed by atoms with Crippen LogP contribution in [0.1, 0.15) is 11.3 Å². The van der Waals surface area contributed by atoms with Crippen molar-refractivity contribution in [2.45, 2.75) is 6.54 Å². The van der Waals surface area contributed by atoms with Crippen molar-refractivity contribution in [3.63, 3.8) is 0 Å². The first-order chi connectivity index (χ1) is 8.83. The van der Waals surface area contributed by atoms with Crippen LogP contribution < -0.4 is 10.1 Å². The van der Waals surface area contributed by atoms with Gasteiger partial charge in [0.05, 0.1) is 19.0 Å². The first-order valence-corrected chi connectivity index (χ1v) is 5.41. The summed E-state index contributed by atoms with van der Waals surface area (Å²) in [4.78, 5) is 8.10. The molecule has 5 nitrogen and oxygen atoms in total. The number of pyridine rings is 2. The molecule has 0 atom stereocenters. The largest absolute Gasteiger partial charge is 0.481 e. The third-order valence-corrected chi connectivity index (χ3v) is 2.40. The number of nitrogens with one attached hydrogen (secondary N) is 1. The Labute approximate surface area is 105 Å². The molecule has 0 saturated heterocycles. The molecule has 0 aliphatic heterocycles. The number of nitrogens with zero attached hydrogens (tertiary/aromatic N) is 3. The summed E-state index contributed by atoms with van der Waals surface area (Å²) in [6.45, 7) is 0.588. The quantitative estimate of drug-likeness (QED) is 0.884. The van der Waals surface area contributed by atoms with E-state index in [1.165, 1.54) is 0 Å². The number of anilines is 1. The van der Waals surface area contributed by atoms with Gasteiger partial charge in [-0.05, 0) is 18.2 Å². The molecule has 0 fully saturated rings. The zero-order chi connectivity index (χ0) is 12.8. The van der Waals surface area contributed by atoms with Gasteiger partial charge < -0.3 is 10.1 Å². The third-order valence-electron chi connectivity index (χ3n) is 2.40. The van der Waals surface area contributed by atoms with Crippen LogP contribution >= 0.6 is 0 Å². The Morgan fingerprint density at radius 1 is 1.33 bits per heavy atom. The maximum Gasteiger partial charge on any atom is 0.218 e. The minimum Gasteiger partial charge on any atom is -0.481 e. The average Bonchev–Trinajstić information content (AvgIpc) is 2.46. The van der Waals surface area contributed by atoms with Gasteiger partial charge in [0.1, 0.15) is 11.8 Å². The van der Waals surface area contributed by atoms with Crippen molar-refractivity contribution in [2.75, 3.05) is 12.4 Å². The van der Waals surface area contributed by atoms with Crippen molar-refractivity contribution in [2.24, 2.45) is 0 Å². The average molecular weight is 240 g/mol. The van der Waals surface area contributed by atoms with Crippen LogP contribution in [0.3, 0.4) is 0 Å². The molecule has 0 amide bonds. The highest BCUT2D eigenvalue weighted by Gasteiger charge is 2.02. The molecule has 1 N–H and O–H groups in total. The van der Waals surface area contributed by atoms with Crippen LogP contribution in [0, 0.1) is 11.3 Å². The van der Waals surface area contributed by atoms with E-state index >= 15 is 0 Å². The van der Waals surface area contributed by atoms with Crippen molar-refractivity contribution in [3.05, 3.63) is 47.9 Å². The normalized spacial score (nSPS) is 9.56. The van der Waals surface area contributed by atoms with Crippen molar-refractivity contribution in [1.29, 1.82) is 5.26 Å². The van der Waals surface area contributed by atoms with Crippen LogP contribution in [0.2, 0.25) is 0 Å². The van der Waals surface area contributed by atoms with Crippen LogP contribution in [0.25, 0.3) is 0 Å². The van der Waals surface area contributed by atoms with E-state index in [-0.39, 0.29) is 0 Å². The van der Waals surface area contributed by atoms with Crippen LogP contribution in [0.5, 0.6) is 5.88 Å². The fourth-order valence-electron chi connectivity index (χ4n) is 1.50. The Morgan fingerprint density at radius 2 is 2.22 bits per heavy atom. The predicted octanol–water partition coefficient (Wildman–Crippen LogP) is 1.97. The second kappa shape index (κ2) is 5.64. The zero-order valence-electron chi connectivity index (χ0n) is 9.92. The standard InChI is InChI=1S/C13H12N4O/c1-18-13-10(3-2-6-15-13)8-16-12-5-4-11(7-14)17-9-12/h2-6,9,16H,8H2,1H3. The van der Waals surface area contributed by atoms with E-state index in [2.05, 4.69) is 15.3 Å². The maximum absolute atomic E-state index is 8.65. The molecular weight excluding hydrogens is 228 g/mol. The number of nitriles is 1. The molecule has 2 heterocycles. The lowest BCUT2D eigenvalue weighted by atomic mass is 10.2. The van der Waals surface area contributed by atoms with Crippen LogP contribution in [0.4, 0.5) is 5.69 Å². The lowest BCUT2D eigenvalue weighted by Crippen LogP contribution is -2.03. The van der Waals surface area contributed by atoms with E-state index < -0.39 is 0 Å². The summed E-state index contributed by atoms with van der Waals surface area (Å²) in [7, 11) is 1.59. The number of hydrogen-bond acceptors (Lipinski definition) is 5. The SMILES string of the molecule is COc1ncccc1CNc1ccc(C#N)nc1. The van der Waals surface area contributed by atoms with Gasteiger partial charge in [0.2, 0.25) is 5.88 Å². The fourth-order valence-corrected chi connectivity index (χ4v) is 1.50. The van der Waals surface area contributed by atoms with Gasteiger partial charge in [-0.2, -0.15) is 5.26 Å². The maximum atomic E-state index is 8.65. The van der Waals surface area contributed by atoms with Gasteiger partial charge in [-0.1, -0.05) is 6.07 Å². The van der Waals surface area contributed by atoms with Gasteiger partial charge in [0.25, 0.3) is 0 Å². The predicted molar refractivity (Wildman–Crippen MR) is 67.1 cm³/mol. The topological polar surface area (TPSA) is 70.8 Å². The Balaban J connectivity index is 2.04. The monoisotopic (exact) mass is 240 g/mol. The molecule has 90 valence electrons. The van der Waals surface area contributed by atoms with E-state index in [1.807, 2.05) is 24.3 Å². The molecule has 0 spiro atoms. The molecule has 0 unspecified atom stereocenters. The Bertz CT molecular complexity index is 560. The fraction of sp³-hybridized carbons (Fsp3) is 0.154. The summed E-state index contributed by atoms with van der Waals surface area (Å²) < 4.78 is 5.16. The molecule has 2 rings (SSSR count). The summed E-state index contributed by atoms with van der Waals surface area (Å²) >= 11 is 0. The van der Waals surface area contributed by atoms with E-state index in [0.717, 1.165) is 11.3 Å². The molecule has 0 bridgehead atoms. The molecule has 0 aliphatic rings. The molecule has 18 heavy (non-hydrogen) atoms. The Morgan fingerprint density at radius 3 is 2.89 bits per heavy atom. The van der Waals surface area contributed by atoms with Crippen LogP contribution in [0.15, 0.2) is 36.7 Å². The Hall–Kier alpha value is -2.61. The first kappa shape index (κ1) is 11.9. The summed E-state index contributed by atoms with van der Waals surface area (Å²) in [5.41, 5.74) is 2.21. The summed E-state index contributed by atoms with van der Waals surface area (Å²) in [5.74, 6) is 0.603. The van der Waals surface area contributed by atoms with Gasteiger partial charge in [0.15, 0.2) is 0 Å². The van der Waals surface area contributed by atoms with Crippen LogP contribution in [-0.2, 0) is 6.54 Å². The van der Waals surface area contributed by atoms with Gasteiger partial charge in [-0.15, -0.1) is 0 Å². The van der Waals surface area contributed by atoms with Gasteiger partial charge >= 0.3 is 0 Å². The molecule has 5 heteroatoms. The number of methoxy groups -OCH3 is 1. The number of ether oxygens (including phenoxy) is 1. The highest BCUT2D eigenvalue weighted by molar-refractivity contribution is 5.44. The van der Waals surface area contributed by atoms with Gasteiger partial charge in [-0.3, -0.25) is 0 Å². The molecule has 0 aromatic carbocycles. The molecule has 2 aromatic heterocycles. The van der Waals surface area contributed by atoms with Gasteiger partial charge in [-0.25, -0.2) is 9.97 Å². The molecule has 2 aromatic rings. The van der Waals surface area contributed by atoms with E-state index in [0.29, 0.717) is 18.1 Å². The molecule has 0 aliphatic carbocycles. The Kier molecular flexibility index (Phi) is 3.72. The minimum absolute atomic E-state index is 0.402. The number of rotatable bonds is 4. The van der Waals surface area contributed by atoms with Crippen molar-refractivity contribution in [3.8, 4) is 11.9 Å². The second-order valence-corrected chi connectivity index (χ2v) is 3.57. The first-order valence-electron chi connectivity index (χ1n) is 5.41.